The number of allylic oxidation sites excluding steroid dienone is 1. The molecule has 0 amide bonds. The van der Waals surface area contributed by atoms with Gasteiger partial charge in [-0.1, -0.05) is 22.5 Å². The molecule has 2 N–H and O–H groups in total. The third-order valence-corrected chi connectivity index (χ3v) is 0.802. The first-order valence-electron chi connectivity index (χ1n) is 2.13. The van der Waals surface area contributed by atoms with Crippen LogP contribution < -0.4 is 0 Å². The highest BCUT2D eigenvalue weighted by Crippen LogP contribution is 1.86. The zero-order valence-electron chi connectivity index (χ0n) is 5.09. The molecule has 0 saturated heterocycles. The largest absolute Gasteiger partial charge is 0.512 e. The number of aliphatic carboxylic acids is 1. The topological polar surface area (TPSA) is 57.5 Å². The van der Waals surface area contributed by atoms with Crippen molar-refractivity contribution in [1.29, 1.82) is 0 Å². The smallest absolute Gasteiger partial charge is 0.300 e. The minimum Gasteiger partial charge on any atom is -0.512 e. The molecular weight excluding hydrogens is 188 g/mol. The monoisotopic (exact) mass is 196 g/mol. The number of halogens is 1. The predicted octanol–water partition coefficient (Wildman–Crippen LogP) is 1.54. The number of alkyl halides is 1. The van der Waals surface area contributed by atoms with Crippen LogP contribution in [0.15, 0.2) is 12.3 Å². The van der Waals surface area contributed by atoms with E-state index in [1.165, 1.54) is 0 Å². The summed E-state index contributed by atoms with van der Waals surface area (Å²) in [5, 5.41) is 16.0. The van der Waals surface area contributed by atoms with E-state index < -0.39 is 5.97 Å². The van der Waals surface area contributed by atoms with Crippen molar-refractivity contribution in [2.75, 3.05) is 5.33 Å². The minimum absolute atomic E-state index is 0.171. The van der Waals surface area contributed by atoms with Gasteiger partial charge < -0.3 is 10.2 Å². The number of carboxylic acids is 1. The Hall–Kier alpha value is -0.510. The lowest BCUT2D eigenvalue weighted by Crippen LogP contribution is -1.78. The number of aliphatic hydroxyl groups is 1. The molecule has 0 fully saturated rings. The number of carbonyl (C=O) groups is 1. The summed E-state index contributed by atoms with van der Waals surface area (Å²) in [6.45, 7) is 4.27. The third-order valence-electron chi connectivity index (χ3n) is 0.154. The van der Waals surface area contributed by atoms with Gasteiger partial charge in [0.05, 0.1) is 11.1 Å². The highest BCUT2D eigenvalue weighted by molar-refractivity contribution is 9.09. The third kappa shape index (κ3) is 102. The van der Waals surface area contributed by atoms with Gasteiger partial charge in [-0.05, 0) is 0 Å². The Morgan fingerprint density at radius 2 is 1.78 bits per heavy atom. The summed E-state index contributed by atoms with van der Waals surface area (Å²) in [7, 11) is 0. The van der Waals surface area contributed by atoms with Crippen LogP contribution in [0.4, 0.5) is 0 Å². The summed E-state index contributed by atoms with van der Waals surface area (Å²) >= 11 is 2.96. The van der Waals surface area contributed by atoms with Crippen LogP contribution in [0.3, 0.4) is 0 Å². The molecule has 0 atom stereocenters. The number of hydrogen-bond acceptors (Lipinski definition) is 2. The van der Waals surface area contributed by atoms with E-state index in [1.54, 1.807) is 0 Å². The maximum atomic E-state index is 9.00. The molecule has 0 bridgehead atoms. The van der Waals surface area contributed by atoms with Crippen molar-refractivity contribution >= 4 is 21.9 Å². The summed E-state index contributed by atoms with van der Waals surface area (Å²) in [4.78, 5) is 9.00. The van der Waals surface area contributed by atoms with Crippen LogP contribution in [0.5, 0.6) is 0 Å². The van der Waals surface area contributed by atoms with E-state index in [0.717, 1.165) is 6.92 Å². The molecule has 0 aliphatic carbocycles. The van der Waals surface area contributed by atoms with E-state index in [0.29, 0.717) is 5.33 Å². The van der Waals surface area contributed by atoms with Crippen molar-refractivity contribution in [3.8, 4) is 0 Å². The Balaban J connectivity index is 0. The second-order valence-corrected chi connectivity index (χ2v) is 1.78. The molecule has 54 valence electrons. The van der Waals surface area contributed by atoms with E-state index in [2.05, 4.69) is 22.5 Å². The summed E-state index contributed by atoms with van der Waals surface area (Å²) in [5.41, 5.74) is 0. The molecule has 0 unspecified atom stereocenters. The summed E-state index contributed by atoms with van der Waals surface area (Å²) < 4.78 is 0. The number of carboxylic acid groups (broad SMARTS) is 1. The van der Waals surface area contributed by atoms with Gasteiger partial charge in [-0.15, -0.1) is 0 Å². The Bertz CT molecular complexity index is 96.4. The zero-order chi connectivity index (χ0) is 7.86. The first-order chi connectivity index (χ1) is 4.00. The Morgan fingerprint density at radius 1 is 1.67 bits per heavy atom. The van der Waals surface area contributed by atoms with Crippen LogP contribution >= 0.6 is 15.9 Å². The molecule has 4 heteroatoms. The first kappa shape index (κ1) is 11.3. The van der Waals surface area contributed by atoms with Crippen LogP contribution in [-0.2, 0) is 4.79 Å². The molecular formula is C5H9BrO3. The van der Waals surface area contributed by atoms with E-state index in [-0.39, 0.29) is 5.76 Å². The fourth-order valence-corrected chi connectivity index (χ4v) is 0. The highest BCUT2D eigenvalue weighted by Gasteiger charge is 1.73. The maximum Gasteiger partial charge on any atom is 0.300 e. The van der Waals surface area contributed by atoms with Gasteiger partial charge in [0.25, 0.3) is 5.97 Å². The lowest BCUT2D eigenvalue weighted by molar-refractivity contribution is -0.134. The van der Waals surface area contributed by atoms with Gasteiger partial charge in [0.15, 0.2) is 0 Å². The van der Waals surface area contributed by atoms with E-state index >= 15 is 0 Å². The molecule has 0 aromatic heterocycles. The second kappa shape index (κ2) is 7.49. The van der Waals surface area contributed by atoms with Gasteiger partial charge in [0.2, 0.25) is 0 Å². The lowest BCUT2D eigenvalue weighted by Gasteiger charge is -1.78. The normalized spacial score (nSPS) is 6.89. The molecule has 3 nitrogen and oxygen atoms in total. The Labute approximate surface area is 62.1 Å². The second-order valence-electron chi connectivity index (χ2n) is 1.22. The molecule has 0 saturated carbocycles. The minimum atomic E-state index is -0.833. The predicted molar refractivity (Wildman–Crippen MR) is 38.9 cm³/mol. The van der Waals surface area contributed by atoms with Gasteiger partial charge >= 0.3 is 0 Å². The summed E-state index contributed by atoms with van der Waals surface area (Å²) in [6, 6.07) is 0. The van der Waals surface area contributed by atoms with Crippen LogP contribution in [-0.4, -0.2) is 21.5 Å². The Kier molecular flexibility index (Phi) is 9.41. The van der Waals surface area contributed by atoms with Crippen molar-refractivity contribution in [3.63, 3.8) is 0 Å². The van der Waals surface area contributed by atoms with Crippen molar-refractivity contribution in [1.82, 2.24) is 0 Å². The summed E-state index contributed by atoms with van der Waals surface area (Å²) in [5.74, 6) is -0.662. The fraction of sp³-hybridized carbons (Fsp3) is 0.400. The highest BCUT2D eigenvalue weighted by atomic mass is 79.9. The van der Waals surface area contributed by atoms with Crippen LogP contribution in [0.2, 0.25) is 0 Å². The molecule has 0 aromatic rings. The van der Waals surface area contributed by atoms with Gasteiger partial charge in [-0.3, -0.25) is 4.79 Å². The van der Waals surface area contributed by atoms with E-state index in [4.69, 9.17) is 15.0 Å². The fourth-order valence-electron chi connectivity index (χ4n) is 0. The van der Waals surface area contributed by atoms with Crippen LogP contribution in [0.1, 0.15) is 6.92 Å². The molecule has 0 heterocycles. The van der Waals surface area contributed by atoms with Crippen molar-refractivity contribution in [3.05, 3.63) is 12.3 Å². The molecule has 0 aromatic carbocycles. The van der Waals surface area contributed by atoms with Crippen molar-refractivity contribution in [2.45, 2.75) is 6.92 Å². The van der Waals surface area contributed by atoms with Gasteiger partial charge in [-0.25, -0.2) is 0 Å². The standard InChI is InChI=1S/C3H5BrO.C2H4O2/c1-3(5)2-4;1-2(3)4/h5H,1-2H2;1H3,(H,3,4). The Morgan fingerprint density at radius 3 is 1.78 bits per heavy atom. The van der Waals surface area contributed by atoms with Crippen molar-refractivity contribution in [2.24, 2.45) is 0 Å². The lowest BCUT2D eigenvalue weighted by atomic mass is 10.7. The molecule has 9 heavy (non-hydrogen) atoms. The quantitative estimate of drug-likeness (QED) is 0.495. The molecule has 0 aliphatic heterocycles. The van der Waals surface area contributed by atoms with Gasteiger partial charge in [-0.2, -0.15) is 0 Å². The molecule has 0 rings (SSSR count). The average molecular weight is 197 g/mol. The van der Waals surface area contributed by atoms with Crippen molar-refractivity contribution < 1.29 is 15.0 Å². The SMILES string of the molecule is C=C(O)CBr.CC(=O)O. The summed E-state index contributed by atoms with van der Waals surface area (Å²) in [6.07, 6.45) is 0. The number of hydrogen-bond donors (Lipinski definition) is 2. The van der Waals surface area contributed by atoms with Crippen LogP contribution in [0.25, 0.3) is 0 Å². The van der Waals surface area contributed by atoms with Gasteiger partial charge in [0, 0.05) is 6.92 Å². The first-order valence-corrected chi connectivity index (χ1v) is 3.25. The maximum absolute atomic E-state index is 9.00. The van der Waals surface area contributed by atoms with Crippen LogP contribution in [0, 0.1) is 0 Å². The molecule has 0 aliphatic rings. The molecule has 0 radical (unpaired) electrons. The van der Waals surface area contributed by atoms with E-state index in [1.807, 2.05) is 0 Å². The average Bonchev–Trinajstić information content (AvgIpc) is 1.65. The number of aliphatic hydroxyl groups excluding tert-OH is 1. The van der Waals surface area contributed by atoms with E-state index in [9.17, 15) is 0 Å². The zero-order valence-corrected chi connectivity index (χ0v) is 6.68. The van der Waals surface area contributed by atoms with Gasteiger partial charge in [0.1, 0.15) is 0 Å². The number of rotatable bonds is 1. The molecule has 0 spiro atoms.